The SMILES string of the molecule is CC(Cl)c1nc2cc(I)ccc2n1C1CCC(C)C1C. The van der Waals surface area contributed by atoms with E-state index in [4.69, 9.17) is 16.6 Å². The van der Waals surface area contributed by atoms with Crippen molar-refractivity contribution in [3.05, 3.63) is 27.6 Å². The van der Waals surface area contributed by atoms with Gasteiger partial charge in [-0.25, -0.2) is 4.98 Å². The summed E-state index contributed by atoms with van der Waals surface area (Å²) in [6.45, 7) is 6.74. The number of hydrogen-bond donors (Lipinski definition) is 0. The molecular formula is C16H20ClIN2. The molecule has 1 fully saturated rings. The molecule has 0 N–H and O–H groups in total. The Morgan fingerprint density at radius 1 is 1.35 bits per heavy atom. The molecule has 0 amide bonds. The fraction of sp³-hybridized carbons (Fsp3) is 0.562. The Balaban J connectivity index is 2.19. The molecule has 1 saturated carbocycles. The predicted molar refractivity (Wildman–Crippen MR) is 93.3 cm³/mol. The van der Waals surface area contributed by atoms with Gasteiger partial charge in [0.15, 0.2) is 0 Å². The quantitative estimate of drug-likeness (QED) is 0.476. The van der Waals surface area contributed by atoms with E-state index in [9.17, 15) is 0 Å². The molecule has 1 heterocycles. The zero-order valence-corrected chi connectivity index (χ0v) is 15.0. The molecule has 4 heteroatoms. The number of alkyl halides is 1. The van der Waals surface area contributed by atoms with Crippen LogP contribution in [0.15, 0.2) is 18.2 Å². The molecule has 20 heavy (non-hydrogen) atoms. The molecule has 108 valence electrons. The van der Waals surface area contributed by atoms with E-state index in [-0.39, 0.29) is 5.38 Å². The second-order valence-electron chi connectivity index (χ2n) is 6.07. The lowest BCUT2D eigenvalue weighted by Crippen LogP contribution is -2.17. The normalized spacial score (nSPS) is 28.1. The van der Waals surface area contributed by atoms with Gasteiger partial charge < -0.3 is 4.57 Å². The molecule has 0 radical (unpaired) electrons. The molecule has 1 aliphatic carbocycles. The minimum absolute atomic E-state index is 0.0526. The summed E-state index contributed by atoms with van der Waals surface area (Å²) in [6.07, 6.45) is 2.53. The van der Waals surface area contributed by atoms with Gasteiger partial charge in [0.1, 0.15) is 5.82 Å². The van der Waals surface area contributed by atoms with Crippen molar-refractivity contribution in [1.29, 1.82) is 0 Å². The number of benzene rings is 1. The highest BCUT2D eigenvalue weighted by atomic mass is 127. The molecule has 0 aliphatic heterocycles. The summed E-state index contributed by atoms with van der Waals surface area (Å²) in [6, 6.07) is 7.04. The molecule has 1 aromatic carbocycles. The summed E-state index contributed by atoms with van der Waals surface area (Å²) in [7, 11) is 0. The van der Waals surface area contributed by atoms with Gasteiger partial charge in [-0.2, -0.15) is 0 Å². The Kier molecular flexibility index (Phi) is 4.01. The van der Waals surface area contributed by atoms with Gasteiger partial charge in [-0.05, 0) is 72.4 Å². The first-order chi connectivity index (χ1) is 9.49. The zero-order chi connectivity index (χ0) is 14.4. The number of halogens is 2. The van der Waals surface area contributed by atoms with E-state index < -0.39 is 0 Å². The topological polar surface area (TPSA) is 17.8 Å². The lowest BCUT2D eigenvalue weighted by atomic mass is 9.97. The molecule has 0 spiro atoms. The van der Waals surface area contributed by atoms with Crippen molar-refractivity contribution in [2.75, 3.05) is 0 Å². The van der Waals surface area contributed by atoms with Crippen molar-refractivity contribution >= 4 is 45.2 Å². The van der Waals surface area contributed by atoms with Gasteiger partial charge in [0, 0.05) is 9.61 Å². The van der Waals surface area contributed by atoms with Gasteiger partial charge in [-0.3, -0.25) is 0 Å². The largest absolute Gasteiger partial charge is 0.323 e. The summed E-state index contributed by atoms with van der Waals surface area (Å²) < 4.78 is 3.64. The monoisotopic (exact) mass is 402 g/mol. The minimum atomic E-state index is -0.0526. The molecular weight excluding hydrogens is 383 g/mol. The number of hydrogen-bond acceptors (Lipinski definition) is 1. The molecule has 2 aromatic rings. The Bertz CT molecular complexity index is 635. The van der Waals surface area contributed by atoms with Crippen LogP contribution < -0.4 is 0 Å². The first-order valence-electron chi connectivity index (χ1n) is 7.30. The number of rotatable bonds is 2. The van der Waals surface area contributed by atoms with Crippen LogP contribution in [-0.4, -0.2) is 9.55 Å². The van der Waals surface area contributed by atoms with Crippen molar-refractivity contribution in [1.82, 2.24) is 9.55 Å². The lowest BCUT2D eigenvalue weighted by molar-refractivity contribution is 0.352. The summed E-state index contributed by atoms with van der Waals surface area (Å²) in [5, 5.41) is -0.0526. The van der Waals surface area contributed by atoms with Gasteiger partial charge in [0.2, 0.25) is 0 Å². The van der Waals surface area contributed by atoms with Crippen LogP contribution in [0.2, 0.25) is 0 Å². The van der Waals surface area contributed by atoms with Crippen LogP contribution in [0.3, 0.4) is 0 Å². The standard InChI is InChI=1S/C16H20ClIN2/c1-9-4-6-14(10(9)2)20-15-7-5-12(18)8-13(15)19-16(20)11(3)17/h5,7-11,14H,4,6H2,1-3H3. The third-order valence-electron chi connectivity index (χ3n) is 4.79. The number of imidazole rings is 1. The average Bonchev–Trinajstić information content (AvgIpc) is 2.91. The van der Waals surface area contributed by atoms with Crippen molar-refractivity contribution in [2.24, 2.45) is 11.8 Å². The molecule has 0 saturated heterocycles. The average molecular weight is 403 g/mol. The highest BCUT2D eigenvalue weighted by Crippen LogP contribution is 2.43. The molecule has 0 bridgehead atoms. The maximum atomic E-state index is 6.40. The predicted octanol–water partition coefficient (Wildman–Crippen LogP) is 5.55. The van der Waals surface area contributed by atoms with Crippen LogP contribution in [0.1, 0.15) is 50.9 Å². The maximum absolute atomic E-state index is 6.40. The zero-order valence-electron chi connectivity index (χ0n) is 12.1. The summed E-state index contributed by atoms with van der Waals surface area (Å²) in [5.41, 5.74) is 2.31. The minimum Gasteiger partial charge on any atom is -0.323 e. The fourth-order valence-corrected chi connectivity index (χ4v) is 4.05. The fourth-order valence-electron chi connectivity index (χ4n) is 3.42. The smallest absolute Gasteiger partial charge is 0.127 e. The van der Waals surface area contributed by atoms with Gasteiger partial charge in [0.25, 0.3) is 0 Å². The molecule has 2 nitrogen and oxygen atoms in total. The Morgan fingerprint density at radius 2 is 2.10 bits per heavy atom. The number of fused-ring (bicyclic) bond motifs is 1. The van der Waals surface area contributed by atoms with Crippen LogP contribution in [0.4, 0.5) is 0 Å². The van der Waals surface area contributed by atoms with E-state index in [0.717, 1.165) is 17.3 Å². The third-order valence-corrected chi connectivity index (χ3v) is 5.65. The first-order valence-corrected chi connectivity index (χ1v) is 8.82. The molecule has 4 atom stereocenters. The molecule has 4 unspecified atom stereocenters. The van der Waals surface area contributed by atoms with Crippen LogP contribution >= 0.6 is 34.2 Å². The van der Waals surface area contributed by atoms with Crippen LogP contribution in [0, 0.1) is 15.4 Å². The first kappa shape index (κ1) is 14.6. The molecule has 1 aromatic heterocycles. The number of nitrogens with zero attached hydrogens (tertiary/aromatic N) is 2. The van der Waals surface area contributed by atoms with Crippen LogP contribution in [0.5, 0.6) is 0 Å². The molecule has 1 aliphatic rings. The second-order valence-corrected chi connectivity index (χ2v) is 7.97. The van der Waals surface area contributed by atoms with Gasteiger partial charge in [-0.15, -0.1) is 11.6 Å². The van der Waals surface area contributed by atoms with E-state index in [0.29, 0.717) is 12.0 Å². The maximum Gasteiger partial charge on any atom is 0.127 e. The third kappa shape index (κ3) is 2.37. The van der Waals surface area contributed by atoms with Crippen molar-refractivity contribution in [2.45, 2.75) is 45.0 Å². The van der Waals surface area contributed by atoms with Crippen molar-refractivity contribution in [3.8, 4) is 0 Å². The van der Waals surface area contributed by atoms with Crippen LogP contribution in [0.25, 0.3) is 11.0 Å². The van der Waals surface area contributed by atoms with Gasteiger partial charge in [-0.1, -0.05) is 13.8 Å². The summed E-state index contributed by atoms with van der Waals surface area (Å²) in [5.74, 6) is 2.48. The van der Waals surface area contributed by atoms with E-state index in [1.807, 2.05) is 6.92 Å². The van der Waals surface area contributed by atoms with Crippen LogP contribution in [-0.2, 0) is 0 Å². The Labute approximate surface area is 139 Å². The lowest BCUT2D eigenvalue weighted by Gasteiger charge is -2.23. The second kappa shape index (κ2) is 5.48. The van der Waals surface area contributed by atoms with Gasteiger partial charge >= 0.3 is 0 Å². The van der Waals surface area contributed by atoms with E-state index in [2.05, 4.69) is 59.2 Å². The summed E-state index contributed by atoms with van der Waals surface area (Å²) >= 11 is 8.74. The van der Waals surface area contributed by atoms with Gasteiger partial charge in [0.05, 0.1) is 16.4 Å². The Morgan fingerprint density at radius 3 is 2.70 bits per heavy atom. The van der Waals surface area contributed by atoms with Crippen molar-refractivity contribution < 1.29 is 0 Å². The highest BCUT2D eigenvalue weighted by Gasteiger charge is 2.33. The van der Waals surface area contributed by atoms with E-state index in [1.54, 1.807) is 0 Å². The number of aromatic nitrogens is 2. The van der Waals surface area contributed by atoms with Crippen molar-refractivity contribution in [3.63, 3.8) is 0 Å². The van der Waals surface area contributed by atoms with E-state index >= 15 is 0 Å². The van der Waals surface area contributed by atoms with E-state index in [1.165, 1.54) is 21.9 Å². The summed E-state index contributed by atoms with van der Waals surface area (Å²) in [4.78, 5) is 4.80. The highest BCUT2D eigenvalue weighted by molar-refractivity contribution is 14.1. The molecule has 3 rings (SSSR count). The Hall–Kier alpha value is -0.290.